The van der Waals surface area contributed by atoms with E-state index in [1.807, 2.05) is 24.3 Å². The van der Waals surface area contributed by atoms with Gasteiger partial charge in [0, 0.05) is 6.54 Å². The molecule has 0 aliphatic carbocycles. The minimum atomic E-state index is -0.584. The number of esters is 1. The monoisotopic (exact) mass is 251 g/mol. The van der Waals surface area contributed by atoms with Gasteiger partial charge < -0.3 is 14.8 Å². The number of hydrogen-bond donors (Lipinski definition) is 1. The lowest BCUT2D eigenvalue weighted by Crippen LogP contribution is -2.24. The Morgan fingerprint density at radius 2 is 2.00 bits per heavy atom. The van der Waals surface area contributed by atoms with E-state index in [2.05, 4.69) is 17.0 Å². The minimum Gasteiger partial charge on any atom is -0.479 e. The molecule has 18 heavy (non-hydrogen) atoms. The van der Waals surface area contributed by atoms with Crippen LogP contribution in [-0.4, -0.2) is 25.7 Å². The summed E-state index contributed by atoms with van der Waals surface area (Å²) in [6.07, 6.45) is 0.539. The standard InChI is InChI=1S/C14H21NO3/c1-4-9-15-10-12-5-7-13(8-6-12)18-11(2)14(16)17-3/h5-8,11,15H,4,9-10H2,1-3H3. The summed E-state index contributed by atoms with van der Waals surface area (Å²) in [5.74, 6) is 0.302. The first kappa shape index (κ1) is 14.5. The van der Waals surface area contributed by atoms with E-state index in [0.29, 0.717) is 5.75 Å². The molecule has 1 unspecified atom stereocenters. The molecule has 4 heteroatoms. The van der Waals surface area contributed by atoms with Gasteiger partial charge in [-0.3, -0.25) is 0 Å². The maximum atomic E-state index is 11.2. The Morgan fingerprint density at radius 1 is 1.33 bits per heavy atom. The van der Waals surface area contributed by atoms with Gasteiger partial charge in [-0.1, -0.05) is 19.1 Å². The van der Waals surface area contributed by atoms with Crippen molar-refractivity contribution in [3.63, 3.8) is 0 Å². The van der Waals surface area contributed by atoms with Crippen LogP contribution >= 0.6 is 0 Å². The molecule has 0 radical (unpaired) electrons. The molecule has 100 valence electrons. The van der Waals surface area contributed by atoms with Crippen LogP contribution in [0.25, 0.3) is 0 Å². The Labute approximate surface area is 108 Å². The van der Waals surface area contributed by atoms with Crippen LogP contribution in [0.15, 0.2) is 24.3 Å². The second-order valence-electron chi connectivity index (χ2n) is 4.10. The fourth-order valence-corrected chi connectivity index (χ4v) is 1.51. The summed E-state index contributed by atoms with van der Waals surface area (Å²) in [5.41, 5.74) is 1.20. The number of rotatable bonds is 7. The second-order valence-corrected chi connectivity index (χ2v) is 4.10. The van der Waals surface area contributed by atoms with Crippen molar-refractivity contribution in [2.75, 3.05) is 13.7 Å². The number of carbonyl (C=O) groups excluding carboxylic acids is 1. The summed E-state index contributed by atoms with van der Waals surface area (Å²) in [6, 6.07) is 7.70. The summed E-state index contributed by atoms with van der Waals surface area (Å²) in [5, 5.41) is 3.32. The molecule has 0 heterocycles. The first-order chi connectivity index (χ1) is 8.67. The van der Waals surface area contributed by atoms with Crippen molar-refractivity contribution >= 4 is 5.97 Å². The van der Waals surface area contributed by atoms with Crippen LogP contribution in [0.5, 0.6) is 5.75 Å². The molecule has 0 saturated heterocycles. The maximum absolute atomic E-state index is 11.2. The number of benzene rings is 1. The van der Waals surface area contributed by atoms with Crippen LogP contribution in [0.1, 0.15) is 25.8 Å². The van der Waals surface area contributed by atoms with Crippen molar-refractivity contribution in [2.45, 2.75) is 32.9 Å². The van der Waals surface area contributed by atoms with Crippen LogP contribution < -0.4 is 10.1 Å². The number of methoxy groups -OCH3 is 1. The lowest BCUT2D eigenvalue weighted by atomic mass is 10.2. The molecule has 0 aliphatic heterocycles. The fraction of sp³-hybridized carbons (Fsp3) is 0.500. The van der Waals surface area contributed by atoms with Crippen LogP contribution in [0.4, 0.5) is 0 Å². The first-order valence-corrected chi connectivity index (χ1v) is 6.21. The third-order valence-corrected chi connectivity index (χ3v) is 2.53. The fourth-order valence-electron chi connectivity index (χ4n) is 1.51. The van der Waals surface area contributed by atoms with Crippen molar-refractivity contribution < 1.29 is 14.3 Å². The molecule has 4 nitrogen and oxygen atoms in total. The van der Waals surface area contributed by atoms with E-state index in [9.17, 15) is 4.79 Å². The van der Waals surface area contributed by atoms with Crippen molar-refractivity contribution in [1.82, 2.24) is 5.32 Å². The van der Waals surface area contributed by atoms with Gasteiger partial charge in [-0.15, -0.1) is 0 Å². The average molecular weight is 251 g/mol. The summed E-state index contributed by atoms with van der Waals surface area (Å²) < 4.78 is 10.1. The van der Waals surface area contributed by atoms with Gasteiger partial charge in [0.25, 0.3) is 0 Å². The summed E-state index contributed by atoms with van der Waals surface area (Å²) in [7, 11) is 1.35. The maximum Gasteiger partial charge on any atom is 0.346 e. The van der Waals surface area contributed by atoms with Crippen LogP contribution in [0, 0.1) is 0 Å². The molecule has 1 aromatic carbocycles. The molecule has 0 amide bonds. The number of nitrogens with one attached hydrogen (secondary N) is 1. The highest BCUT2D eigenvalue weighted by Crippen LogP contribution is 2.14. The van der Waals surface area contributed by atoms with Crippen LogP contribution in [-0.2, 0) is 16.1 Å². The van der Waals surface area contributed by atoms with Gasteiger partial charge >= 0.3 is 5.97 Å². The number of carbonyl (C=O) groups is 1. The molecule has 0 saturated carbocycles. The normalized spacial score (nSPS) is 11.9. The third-order valence-electron chi connectivity index (χ3n) is 2.53. The minimum absolute atomic E-state index is 0.372. The van der Waals surface area contributed by atoms with Gasteiger partial charge in [0.15, 0.2) is 6.10 Å². The zero-order valence-electron chi connectivity index (χ0n) is 11.2. The average Bonchev–Trinajstić information content (AvgIpc) is 2.40. The number of hydrogen-bond acceptors (Lipinski definition) is 4. The molecule has 0 fully saturated rings. The summed E-state index contributed by atoms with van der Waals surface area (Å²) >= 11 is 0. The van der Waals surface area contributed by atoms with E-state index < -0.39 is 6.10 Å². The van der Waals surface area contributed by atoms with Crippen molar-refractivity contribution in [3.05, 3.63) is 29.8 Å². The highest BCUT2D eigenvalue weighted by Gasteiger charge is 2.14. The van der Waals surface area contributed by atoms with Crippen LogP contribution in [0.2, 0.25) is 0 Å². The molecule has 1 atom stereocenters. The van der Waals surface area contributed by atoms with Gasteiger partial charge in [-0.2, -0.15) is 0 Å². The molecule has 0 spiro atoms. The summed E-state index contributed by atoms with van der Waals surface area (Å²) in [4.78, 5) is 11.2. The summed E-state index contributed by atoms with van der Waals surface area (Å²) in [6.45, 7) is 5.67. The van der Waals surface area contributed by atoms with Crippen LogP contribution in [0.3, 0.4) is 0 Å². The van der Waals surface area contributed by atoms with Crippen molar-refractivity contribution in [2.24, 2.45) is 0 Å². The van der Waals surface area contributed by atoms with Crippen molar-refractivity contribution in [1.29, 1.82) is 0 Å². The Hall–Kier alpha value is -1.55. The predicted octanol–water partition coefficient (Wildman–Crippen LogP) is 2.13. The SMILES string of the molecule is CCCNCc1ccc(OC(C)C(=O)OC)cc1. The molecule has 0 aliphatic rings. The van der Waals surface area contributed by atoms with E-state index in [-0.39, 0.29) is 5.97 Å². The molecule has 1 aromatic rings. The largest absolute Gasteiger partial charge is 0.479 e. The molecular weight excluding hydrogens is 230 g/mol. The van der Waals surface area contributed by atoms with Gasteiger partial charge in [0.05, 0.1) is 7.11 Å². The topological polar surface area (TPSA) is 47.6 Å². The quantitative estimate of drug-likeness (QED) is 0.595. The molecule has 0 bridgehead atoms. The van der Waals surface area contributed by atoms with Gasteiger partial charge in [0.1, 0.15) is 5.75 Å². The Morgan fingerprint density at radius 3 is 2.56 bits per heavy atom. The van der Waals surface area contributed by atoms with E-state index in [1.54, 1.807) is 6.92 Å². The van der Waals surface area contributed by atoms with E-state index in [4.69, 9.17) is 4.74 Å². The Bertz CT molecular complexity index is 362. The van der Waals surface area contributed by atoms with E-state index in [0.717, 1.165) is 19.5 Å². The van der Waals surface area contributed by atoms with Gasteiger partial charge in [-0.25, -0.2) is 4.79 Å². The molecule has 0 aromatic heterocycles. The highest BCUT2D eigenvalue weighted by molar-refractivity contribution is 5.74. The third kappa shape index (κ3) is 4.75. The zero-order chi connectivity index (χ0) is 13.4. The predicted molar refractivity (Wildman–Crippen MR) is 70.5 cm³/mol. The van der Waals surface area contributed by atoms with E-state index >= 15 is 0 Å². The molecular formula is C14H21NO3. The first-order valence-electron chi connectivity index (χ1n) is 6.21. The second kappa shape index (κ2) is 7.71. The molecule has 1 rings (SSSR count). The lowest BCUT2D eigenvalue weighted by molar-refractivity contribution is -0.147. The lowest BCUT2D eigenvalue weighted by Gasteiger charge is -2.12. The highest BCUT2D eigenvalue weighted by atomic mass is 16.6. The Balaban J connectivity index is 2.47. The molecule has 1 N–H and O–H groups in total. The van der Waals surface area contributed by atoms with Gasteiger partial charge in [0.2, 0.25) is 0 Å². The number of ether oxygens (including phenoxy) is 2. The smallest absolute Gasteiger partial charge is 0.346 e. The van der Waals surface area contributed by atoms with Gasteiger partial charge in [-0.05, 0) is 37.6 Å². The zero-order valence-corrected chi connectivity index (χ0v) is 11.2. The van der Waals surface area contributed by atoms with Crippen molar-refractivity contribution in [3.8, 4) is 5.75 Å². The Kier molecular flexibility index (Phi) is 6.22. The van der Waals surface area contributed by atoms with E-state index in [1.165, 1.54) is 12.7 Å².